The fraction of sp³-hybridized carbons (Fsp3) is 0.706. The Bertz CT molecular complexity index is 1290. The first-order valence-corrected chi connectivity index (χ1v) is 17.3. The predicted octanol–water partition coefficient (Wildman–Crippen LogP) is 1.03. The Morgan fingerprint density at radius 3 is 2.18 bits per heavy atom. The molecule has 6 atom stereocenters. The number of nitrogens with zero attached hydrogens (tertiary/aromatic N) is 2. The number of aromatic nitrogens is 2. The van der Waals surface area contributed by atoms with Crippen LogP contribution in [0.2, 0.25) is 0 Å². The lowest BCUT2D eigenvalue weighted by Gasteiger charge is -2.29. The fourth-order valence-electron chi connectivity index (χ4n) is 5.99. The molecule has 1 aromatic heterocycles. The summed E-state index contributed by atoms with van der Waals surface area (Å²) in [6.07, 6.45) is 7.82. The summed E-state index contributed by atoms with van der Waals surface area (Å²) in [6.45, 7) is 9.26. The third-order valence-corrected chi connectivity index (χ3v) is 8.91. The second kappa shape index (κ2) is 19.3. The Kier molecular flexibility index (Phi) is 15.5. The van der Waals surface area contributed by atoms with Crippen molar-refractivity contribution in [3.8, 4) is 0 Å². The standard InChI is InChI=1S/C34H53N7O8/c1-7-8-24(30(43)34(47)38-22-10-11-22)39-27(42)15-21-9-12-26(49-18-48-6)23(21)16-37-32(45)28(19(2)3)41-33(46)29(20(4)5)40-31(44)25-17-35-13-14-36-25/h13-14,17,19-24,26,28-29H,7-12,15-16,18H2,1-6H3,(H,37,45)(H,38,47)(H,39,42)(H,40,44)(H,41,46)/t21-,23+,24?,26-,28+,29-/m1/s1. The third kappa shape index (κ3) is 12.1. The van der Waals surface area contributed by atoms with E-state index in [1.54, 1.807) is 27.7 Å². The zero-order valence-electron chi connectivity index (χ0n) is 29.5. The van der Waals surface area contributed by atoms with Gasteiger partial charge in [-0.25, -0.2) is 4.98 Å². The molecule has 1 aromatic rings. The SMILES string of the molecule is CCCC(NC(=O)C[C@H]1CC[C@@H](OCOC)[C@H]1CNC(=O)[C@@H](NC(=O)[C@H](NC(=O)c1cnccn1)C(C)C)C(C)C)C(=O)C(=O)NC1CC1. The molecule has 2 fully saturated rings. The monoisotopic (exact) mass is 687 g/mol. The zero-order chi connectivity index (χ0) is 36.1. The molecule has 1 unspecified atom stereocenters. The quantitative estimate of drug-likeness (QED) is 0.0972. The van der Waals surface area contributed by atoms with Gasteiger partial charge < -0.3 is 36.1 Å². The van der Waals surface area contributed by atoms with Crippen LogP contribution in [0.4, 0.5) is 0 Å². The Balaban J connectivity index is 1.64. The van der Waals surface area contributed by atoms with Crippen molar-refractivity contribution in [2.24, 2.45) is 23.7 Å². The van der Waals surface area contributed by atoms with Crippen molar-refractivity contribution in [3.05, 3.63) is 24.3 Å². The summed E-state index contributed by atoms with van der Waals surface area (Å²) in [5.74, 6) is -4.18. The van der Waals surface area contributed by atoms with Crippen molar-refractivity contribution in [1.29, 1.82) is 0 Å². The molecular weight excluding hydrogens is 634 g/mol. The van der Waals surface area contributed by atoms with E-state index in [1.165, 1.54) is 25.7 Å². The van der Waals surface area contributed by atoms with Crippen LogP contribution in [0.15, 0.2) is 18.6 Å². The Morgan fingerprint density at radius 1 is 0.898 bits per heavy atom. The maximum atomic E-state index is 13.5. The van der Waals surface area contributed by atoms with Crippen LogP contribution in [-0.4, -0.2) is 96.0 Å². The summed E-state index contributed by atoms with van der Waals surface area (Å²) < 4.78 is 11.0. The van der Waals surface area contributed by atoms with Crippen LogP contribution in [0.3, 0.4) is 0 Å². The second-order valence-corrected chi connectivity index (χ2v) is 13.6. The summed E-state index contributed by atoms with van der Waals surface area (Å²) in [5, 5.41) is 13.9. The average molecular weight is 688 g/mol. The van der Waals surface area contributed by atoms with Crippen LogP contribution in [0.5, 0.6) is 0 Å². The number of methoxy groups -OCH3 is 1. The number of ether oxygens (including phenoxy) is 2. The zero-order valence-corrected chi connectivity index (χ0v) is 29.5. The van der Waals surface area contributed by atoms with Crippen LogP contribution >= 0.6 is 0 Å². The molecule has 0 aliphatic heterocycles. The molecule has 0 bridgehead atoms. The van der Waals surface area contributed by atoms with Crippen LogP contribution in [0, 0.1) is 23.7 Å². The summed E-state index contributed by atoms with van der Waals surface area (Å²) in [4.78, 5) is 86.0. The highest BCUT2D eigenvalue weighted by Gasteiger charge is 2.40. The van der Waals surface area contributed by atoms with E-state index in [1.807, 2.05) is 6.92 Å². The van der Waals surface area contributed by atoms with Gasteiger partial charge in [0.1, 0.15) is 24.6 Å². The lowest BCUT2D eigenvalue weighted by Crippen LogP contribution is -2.57. The van der Waals surface area contributed by atoms with Gasteiger partial charge in [0, 0.05) is 44.4 Å². The average Bonchev–Trinajstić information content (AvgIpc) is 3.81. The maximum Gasteiger partial charge on any atom is 0.289 e. The van der Waals surface area contributed by atoms with E-state index < -0.39 is 47.5 Å². The lowest BCUT2D eigenvalue weighted by atomic mass is 9.90. The van der Waals surface area contributed by atoms with Gasteiger partial charge in [-0.3, -0.25) is 33.8 Å². The molecule has 2 saturated carbocycles. The van der Waals surface area contributed by atoms with Gasteiger partial charge in [0.05, 0.1) is 18.3 Å². The van der Waals surface area contributed by atoms with Crippen molar-refractivity contribution in [3.63, 3.8) is 0 Å². The van der Waals surface area contributed by atoms with E-state index in [2.05, 4.69) is 36.6 Å². The smallest absolute Gasteiger partial charge is 0.289 e. The number of carbonyl (C=O) groups is 6. The highest BCUT2D eigenvalue weighted by molar-refractivity contribution is 6.38. The predicted molar refractivity (Wildman–Crippen MR) is 178 cm³/mol. The van der Waals surface area contributed by atoms with Crippen molar-refractivity contribution < 1.29 is 38.2 Å². The molecule has 15 heteroatoms. The number of rotatable bonds is 20. The fourth-order valence-corrected chi connectivity index (χ4v) is 5.99. The number of hydrogen-bond donors (Lipinski definition) is 5. The number of carbonyl (C=O) groups excluding carboxylic acids is 6. The topological polar surface area (TPSA) is 207 Å². The minimum absolute atomic E-state index is 0.0315. The van der Waals surface area contributed by atoms with Gasteiger partial charge in [-0.2, -0.15) is 0 Å². The van der Waals surface area contributed by atoms with E-state index in [0.717, 1.165) is 12.8 Å². The van der Waals surface area contributed by atoms with Gasteiger partial charge in [0.2, 0.25) is 23.5 Å². The van der Waals surface area contributed by atoms with Gasteiger partial charge in [-0.15, -0.1) is 0 Å². The molecular formula is C34H53N7O8. The number of Topliss-reactive ketones (excluding diaryl/α,β-unsaturated/α-hetero) is 1. The van der Waals surface area contributed by atoms with Crippen LogP contribution < -0.4 is 26.6 Å². The molecule has 0 spiro atoms. The molecule has 5 N–H and O–H groups in total. The number of hydrogen-bond acceptors (Lipinski definition) is 10. The first kappa shape index (κ1) is 39.5. The number of ketones is 1. The first-order chi connectivity index (χ1) is 23.4. The summed E-state index contributed by atoms with van der Waals surface area (Å²) >= 11 is 0. The van der Waals surface area contributed by atoms with E-state index in [0.29, 0.717) is 25.7 Å². The molecule has 2 aliphatic rings. The Morgan fingerprint density at radius 2 is 1.59 bits per heavy atom. The Hall–Kier alpha value is -3.98. The molecule has 272 valence electrons. The van der Waals surface area contributed by atoms with Gasteiger partial charge in [0.15, 0.2) is 0 Å². The molecule has 0 radical (unpaired) electrons. The molecule has 0 saturated heterocycles. The van der Waals surface area contributed by atoms with E-state index >= 15 is 0 Å². The molecule has 0 aromatic carbocycles. The van der Waals surface area contributed by atoms with Gasteiger partial charge in [0.25, 0.3) is 11.8 Å². The molecule has 15 nitrogen and oxygen atoms in total. The molecule has 1 heterocycles. The molecule has 5 amide bonds. The van der Waals surface area contributed by atoms with E-state index in [-0.39, 0.29) is 67.2 Å². The second-order valence-electron chi connectivity index (χ2n) is 13.6. The van der Waals surface area contributed by atoms with Crippen molar-refractivity contribution in [2.45, 2.75) is 110 Å². The third-order valence-electron chi connectivity index (χ3n) is 8.91. The normalized spacial score (nSPS) is 20.6. The van der Waals surface area contributed by atoms with E-state index in [4.69, 9.17) is 9.47 Å². The summed E-state index contributed by atoms with van der Waals surface area (Å²) in [7, 11) is 1.51. The minimum atomic E-state index is -0.934. The van der Waals surface area contributed by atoms with Gasteiger partial charge >= 0.3 is 0 Å². The van der Waals surface area contributed by atoms with Crippen LogP contribution in [0.25, 0.3) is 0 Å². The minimum Gasteiger partial charge on any atom is -0.359 e. The lowest BCUT2D eigenvalue weighted by molar-refractivity contribution is -0.140. The molecule has 3 rings (SSSR count). The highest BCUT2D eigenvalue weighted by Crippen LogP contribution is 2.36. The summed E-state index contributed by atoms with van der Waals surface area (Å²) in [5.41, 5.74) is 0.0655. The van der Waals surface area contributed by atoms with Gasteiger partial charge in [-0.1, -0.05) is 41.0 Å². The largest absolute Gasteiger partial charge is 0.359 e. The molecule has 49 heavy (non-hydrogen) atoms. The summed E-state index contributed by atoms with van der Waals surface area (Å²) in [6, 6.07) is -2.72. The van der Waals surface area contributed by atoms with Crippen molar-refractivity contribution in [1.82, 2.24) is 36.6 Å². The van der Waals surface area contributed by atoms with Crippen molar-refractivity contribution >= 4 is 35.3 Å². The Labute approximate surface area is 288 Å². The number of nitrogens with one attached hydrogen (secondary N) is 5. The van der Waals surface area contributed by atoms with E-state index in [9.17, 15) is 28.8 Å². The first-order valence-electron chi connectivity index (χ1n) is 17.3. The van der Waals surface area contributed by atoms with Crippen LogP contribution in [-0.2, 0) is 33.4 Å². The maximum absolute atomic E-state index is 13.5. The van der Waals surface area contributed by atoms with Crippen LogP contribution in [0.1, 0.15) is 90.1 Å². The van der Waals surface area contributed by atoms with Crippen molar-refractivity contribution in [2.75, 3.05) is 20.4 Å². The molecule has 2 aliphatic carbocycles. The highest BCUT2D eigenvalue weighted by atomic mass is 16.7. The number of amides is 5. The van der Waals surface area contributed by atoms with Gasteiger partial charge in [-0.05, 0) is 49.9 Å².